The van der Waals surface area contributed by atoms with Gasteiger partial charge in [0.2, 0.25) is 0 Å². The summed E-state index contributed by atoms with van der Waals surface area (Å²) >= 11 is 0. The van der Waals surface area contributed by atoms with Crippen molar-refractivity contribution in [3.63, 3.8) is 0 Å². The van der Waals surface area contributed by atoms with Gasteiger partial charge in [-0.2, -0.15) is 0 Å². The minimum Gasteiger partial charge on any atom is -0.378 e. The van der Waals surface area contributed by atoms with E-state index in [4.69, 9.17) is 0 Å². The molecule has 0 aromatic heterocycles. The highest BCUT2D eigenvalue weighted by Gasteiger charge is 2.12. The van der Waals surface area contributed by atoms with Crippen LogP contribution >= 0.6 is 0 Å². The Balaban J connectivity index is 2.11. The van der Waals surface area contributed by atoms with Crippen LogP contribution in [0.5, 0.6) is 0 Å². The van der Waals surface area contributed by atoms with Gasteiger partial charge in [-0.05, 0) is 48.5 Å². The third kappa shape index (κ3) is 4.10. The lowest BCUT2D eigenvalue weighted by Gasteiger charge is -2.12. The van der Waals surface area contributed by atoms with Crippen LogP contribution in [0.25, 0.3) is 0 Å². The molecule has 1 N–H and O–H groups in total. The van der Waals surface area contributed by atoms with E-state index in [0.29, 0.717) is 11.3 Å². The second-order valence-corrected chi connectivity index (χ2v) is 7.60. The fraction of sp³-hybridized carbons (Fsp3) is 0.235. The van der Waals surface area contributed by atoms with Gasteiger partial charge in [0.15, 0.2) is 9.84 Å². The molecule has 0 aliphatic rings. The van der Waals surface area contributed by atoms with Gasteiger partial charge in [0.05, 0.1) is 10.6 Å². The first-order valence-electron chi connectivity index (χ1n) is 7.25. The van der Waals surface area contributed by atoms with Crippen LogP contribution in [0.1, 0.15) is 17.3 Å². The predicted molar refractivity (Wildman–Crippen MR) is 92.9 cm³/mol. The lowest BCUT2D eigenvalue weighted by Crippen LogP contribution is -2.13. The fourth-order valence-corrected chi connectivity index (χ4v) is 2.91. The van der Waals surface area contributed by atoms with Crippen LogP contribution in [0.2, 0.25) is 0 Å². The Kier molecular flexibility index (Phi) is 5.05. The zero-order valence-electron chi connectivity index (χ0n) is 13.4. The summed E-state index contributed by atoms with van der Waals surface area (Å²) in [5.74, 6) is -0.182. The highest BCUT2D eigenvalue weighted by molar-refractivity contribution is 7.91. The Hall–Kier alpha value is -2.34. The summed E-state index contributed by atoms with van der Waals surface area (Å²) in [5.41, 5.74) is 2.11. The van der Waals surface area contributed by atoms with Gasteiger partial charge >= 0.3 is 0 Å². The van der Waals surface area contributed by atoms with Crippen molar-refractivity contribution in [2.24, 2.45) is 0 Å². The molecule has 23 heavy (non-hydrogen) atoms. The van der Waals surface area contributed by atoms with E-state index in [1.165, 1.54) is 12.1 Å². The summed E-state index contributed by atoms with van der Waals surface area (Å²) in [4.78, 5) is 14.4. The number of carbonyl (C=O) groups excluding carboxylic acids is 1. The number of hydrogen-bond donors (Lipinski definition) is 1. The molecule has 0 atom stereocenters. The van der Waals surface area contributed by atoms with Gasteiger partial charge in [-0.1, -0.05) is 6.92 Å². The second kappa shape index (κ2) is 6.83. The van der Waals surface area contributed by atoms with Gasteiger partial charge in [-0.3, -0.25) is 4.79 Å². The maximum atomic E-state index is 12.2. The summed E-state index contributed by atoms with van der Waals surface area (Å²) in [7, 11) is 0.637. The molecule has 1 amide bonds. The molecule has 0 aliphatic heterocycles. The molecule has 0 unspecified atom stereocenters. The van der Waals surface area contributed by atoms with Gasteiger partial charge < -0.3 is 10.2 Å². The Bertz CT molecular complexity index is 780. The van der Waals surface area contributed by atoms with E-state index in [9.17, 15) is 13.2 Å². The van der Waals surface area contributed by atoms with Crippen LogP contribution in [-0.2, 0) is 9.84 Å². The van der Waals surface area contributed by atoms with Crippen LogP contribution in [0.3, 0.4) is 0 Å². The molecule has 0 bridgehead atoms. The Labute approximate surface area is 136 Å². The zero-order chi connectivity index (χ0) is 17.0. The lowest BCUT2D eigenvalue weighted by atomic mass is 10.2. The van der Waals surface area contributed by atoms with Gasteiger partial charge in [-0.15, -0.1) is 0 Å². The summed E-state index contributed by atoms with van der Waals surface area (Å²) in [5, 5.41) is 2.76. The van der Waals surface area contributed by atoms with Crippen molar-refractivity contribution in [1.29, 1.82) is 0 Å². The fourth-order valence-electron chi connectivity index (χ4n) is 2.03. The number of benzene rings is 2. The van der Waals surface area contributed by atoms with Crippen molar-refractivity contribution in [2.75, 3.05) is 30.1 Å². The van der Waals surface area contributed by atoms with E-state index < -0.39 is 9.84 Å². The maximum absolute atomic E-state index is 12.2. The molecule has 0 heterocycles. The summed E-state index contributed by atoms with van der Waals surface area (Å²) in [6, 6.07) is 13.4. The number of hydrogen-bond acceptors (Lipinski definition) is 4. The molecule has 0 spiro atoms. The van der Waals surface area contributed by atoms with Crippen LogP contribution < -0.4 is 10.2 Å². The zero-order valence-corrected chi connectivity index (χ0v) is 14.2. The minimum absolute atomic E-state index is 0.0525. The van der Waals surface area contributed by atoms with E-state index in [0.717, 1.165) is 5.69 Å². The van der Waals surface area contributed by atoms with E-state index in [-0.39, 0.29) is 16.6 Å². The van der Waals surface area contributed by atoms with Crippen molar-refractivity contribution >= 4 is 27.1 Å². The third-order valence-electron chi connectivity index (χ3n) is 3.50. The number of nitrogens with zero attached hydrogens (tertiary/aromatic N) is 1. The molecule has 0 fully saturated rings. The Morgan fingerprint density at radius 2 is 1.57 bits per heavy atom. The molecular formula is C17H20N2O3S. The number of carbonyl (C=O) groups is 1. The molecule has 2 aromatic carbocycles. The first-order chi connectivity index (χ1) is 10.8. The molecule has 0 saturated carbocycles. The van der Waals surface area contributed by atoms with Crippen molar-refractivity contribution in [1.82, 2.24) is 0 Å². The van der Waals surface area contributed by atoms with Crippen LogP contribution in [-0.4, -0.2) is 34.2 Å². The van der Waals surface area contributed by atoms with E-state index >= 15 is 0 Å². The number of nitrogens with one attached hydrogen (secondary N) is 1. The van der Waals surface area contributed by atoms with Crippen molar-refractivity contribution in [2.45, 2.75) is 11.8 Å². The van der Waals surface area contributed by atoms with Gasteiger partial charge in [0.1, 0.15) is 0 Å². The molecule has 2 rings (SSSR count). The number of sulfone groups is 1. The van der Waals surface area contributed by atoms with Crippen molar-refractivity contribution in [3.8, 4) is 0 Å². The topological polar surface area (TPSA) is 66.5 Å². The standard InChI is InChI=1S/C17H20N2O3S/c1-4-23(21,22)16-11-7-14(8-12-16)18-17(20)13-5-9-15(10-6-13)19(2)3/h5-12H,4H2,1-3H3,(H,18,20). The number of amides is 1. The van der Waals surface area contributed by atoms with E-state index in [1.54, 1.807) is 31.2 Å². The molecule has 2 aromatic rings. The molecule has 0 aliphatic carbocycles. The third-order valence-corrected chi connectivity index (χ3v) is 5.25. The predicted octanol–water partition coefficient (Wildman–Crippen LogP) is 2.80. The van der Waals surface area contributed by atoms with Crippen LogP contribution in [0, 0.1) is 0 Å². The molecule has 0 saturated heterocycles. The smallest absolute Gasteiger partial charge is 0.255 e. The Morgan fingerprint density at radius 3 is 2.04 bits per heavy atom. The molecule has 122 valence electrons. The molecule has 5 nitrogen and oxygen atoms in total. The molecule has 6 heteroatoms. The van der Waals surface area contributed by atoms with E-state index in [2.05, 4.69) is 5.32 Å². The average molecular weight is 332 g/mol. The number of rotatable bonds is 5. The lowest BCUT2D eigenvalue weighted by molar-refractivity contribution is 0.102. The summed E-state index contributed by atoms with van der Waals surface area (Å²) in [6.07, 6.45) is 0. The first kappa shape index (κ1) is 17.0. The SMILES string of the molecule is CCS(=O)(=O)c1ccc(NC(=O)c2ccc(N(C)C)cc2)cc1. The minimum atomic E-state index is -3.23. The highest BCUT2D eigenvalue weighted by Crippen LogP contribution is 2.17. The summed E-state index contributed by atoms with van der Waals surface area (Å²) < 4.78 is 23.5. The molecular weight excluding hydrogens is 312 g/mol. The van der Waals surface area contributed by atoms with Gasteiger partial charge in [0, 0.05) is 31.0 Å². The van der Waals surface area contributed by atoms with Crippen molar-refractivity contribution in [3.05, 3.63) is 54.1 Å². The largest absolute Gasteiger partial charge is 0.378 e. The number of anilines is 2. The van der Waals surface area contributed by atoms with Crippen LogP contribution in [0.4, 0.5) is 11.4 Å². The van der Waals surface area contributed by atoms with E-state index in [1.807, 2.05) is 31.1 Å². The van der Waals surface area contributed by atoms with Crippen LogP contribution in [0.15, 0.2) is 53.4 Å². The molecule has 0 radical (unpaired) electrons. The average Bonchev–Trinajstić information content (AvgIpc) is 2.55. The van der Waals surface area contributed by atoms with Gasteiger partial charge in [-0.25, -0.2) is 8.42 Å². The highest BCUT2D eigenvalue weighted by atomic mass is 32.2. The van der Waals surface area contributed by atoms with Crippen molar-refractivity contribution < 1.29 is 13.2 Å². The van der Waals surface area contributed by atoms with Gasteiger partial charge in [0.25, 0.3) is 5.91 Å². The first-order valence-corrected chi connectivity index (χ1v) is 8.90. The Morgan fingerprint density at radius 1 is 1.00 bits per heavy atom. The quantitative estimate of drug-likeness (QED) is 0.914. The normalized spacial score (nSPS) is 11.1. The second-order valence-electron chi connectivity index (χ2n) is 5.32. The summed E-state index contributed by atoms with van der Waals surface area (Å²) in [6.45, 7) is 1.60. The maximum Gasteiger partial charge on any atom is 0.255 e. The monoisotopic (exact) mass is 332 g/mol.